The van der Waals surface area contributed by atoms with Gasteiger partial charge in [0, 0.05) is 17.4 Å². The van der Waals surface area contributed by atoms with Gasteiger partial charge in [-0.25, -0.2) is 0 Å². The summed E-state index contributed by atoms with van der Waals surface area (Å²) in [5, 5.41) is 0. The van der Waals surface area contributed by atoms with Gasteiger partial charge in [0.15, 0.2) is 0 Å². The van der Waals surface area contributed by atoms with E-state index in [0.29, 0.717) is 5.92 Å². The number of methoxy groups -OCH3 is 1. The molecule has 0 fully saturated rings. The lowest BCUT2D eigenvalue weighted by molar-refractivity contribution is 0.406. The second-order valence-corrected chi connectivity index (χ2v) is 6.31. The van der Waals surface area contributed by atoms with Crippen LogP contribution in [0.1, 0.15) is 36.6 Å². The standard InChI is InChI=1S/C15H25NOS/c1-10(2)8-18-9-13(16)15-12(4)6-11(3)7-14(15)17-5/h6-7,10,13H,8-9,16H2,1-5H3. The molecule has 0 aliphatic rings. The Bertz CT molecular complexity index is 390. The van der Waals surface area contributed by atoms with Gasteiger partial charge in [-0.15, -0.1) is 0 Å². The van der Waals surface area contributed by atoms with Crippen LogP contribution in [0, 0.1) is 19.8 Å². The van der Waals surface area contributed by atoms with E-state index < -0.39 is 0 Å². The molecule has 18 heavy (non-hydrogen) atoms. The van der Waals surface area contributed by atoms with E-state index in [1.807, 2.05) is 11.8 Å². The summed E-state index contributed by atoms with van der Waals surface area (Å²) in [6.07, 6.45) is 0. The molecule has 3 heteroatoms. The zero-order chi connectivity index (χ0) is 13.7. The number of thioether (sulfide) groups is 1. The minimum atomic E-state index is 0.0456. The van der Waals surface area contributed by atoms with Crippen molar-refractivity contribution < 1.29 is 4.74 Å². The summed E-state index contributed by atoms with van der Waals surface area (Å²) in [4.78, 5) is 0. The molecule has 0 aliphatic carbocycles. The minimum absolute atomic E-state index is 0.0456. The Morgan fingerprint density at radius 3 is 2.44 bits per heavy atom. The van der Waals surface area contributed by atoms with Crippen LogP contribution in [0.2, 0.25) is 0 Å². The van der Waals surface area contributed by atoms with Crippen molar-refractivity contribution >= 4 is 11.8 Å². The van der Waals surface area contributed by atoms with Gasteiger partial charge < -0.3 is 10.5 Å². The second-order valence-electron chi connectivity index (χ2n) is 5.24. The van der Waals surface area contributed by atoms with Crippen molar-refractivity contribution in [1.29, 1.82) is 0 Å². The van der Waals surface area contributed by atoms with Crippen LogP contribution in [0.15, 0.2) is 12.1 Å². The molecule has 1 rings (SSSR count). The number of hydrogen-bond acceptors (Lipinski definition) is 3. The average Bonchev–Trinajstić information content (AvgIpc) is 2.26. The fraction of sp³-hybridized carbons (Fsp3) is 0.600. The van der Waals surface area contributed by atoms with Gasteiger partial charge in [-0.2, -0.15) is 11.8 Å². The number of hydrogen-bond donors (Lipinski definition) is 1. The molecule has 1 atom stereocenters. The van der Waals surface area contributed by atoms with E-state index in [1.165, 1.54) is 11.1 Å². The lowest BCUT2D eigenvalue weighted by atomic mass is 9.99. The summed E-state index contributed by atoms with van der Waals surface area (Å²) >= 11 is 1.92. The fourth-order valence-corrected chi connectivity index (χ4v) is 3.13. The van der Waals surface area contributed by atoms with Gasteiger partial charge in [0.2, 0.25) is 0 Å². The van der Waals surface area contributed by atoms with Crippen molar-refractivity contribution in [3.05, 3.63) is 28.8 Å². The molecule has 0 saturated heterocycles. The smallest absolute Gasteiger partial charge is 0.124 e. The first kappa shape index (κ1) is 15.4. The summed E-state index contributed by atoms with van der Waals surface area (Å²) in [6, 6.07) is 4.28. The van der Waals surface area contributed by atoms with Crippen molar-refractivity contribution in [2.45, 2.75) is 33.7 Å². The third-order valence-corrected chi connectivity index (χ3v) is 4.33. The first-order chi connectivity index (χ1) is 8.45. The van der Waals surface area contributed by atoms with E-state index >= 15 is 0 Å². The third-order valence-electron chi connectivity index (χ3n) is 2.83. The van der Waals surface area contributed by atoms with Crippen LogP contribution in [0.25, 0.3) is 0 Å². The second kappa shape index (κ2) is 7.05. The zero-order valence-electron chi connectivity index (χ0n) is 12.1. The highest BCUT2D eigenvalue weighted by Crippen LogP contribution is 2.30. The van der Waals surface area contributed by atoms with Gasteiger partial charge in [-0.3, -0.25) is 0 Å². The highest BCUT2D eigenvalue weighted by Gasteiger charge is 2.15. The van der Waals surface area contributed by atoms with Crippen LogP contribution in [-0.4, -0.2) is 18.6 Å². The molecule has 0 bridgehead atoms. The number of benzene rings is 1. The Balaban J connectivity index is 2.81. The maximum atomic E-state index is 6.31. The van der Waals surface area contributed by atoms with E-state index in [1.54, 1.807) is 7.11 Å². The van der Waals surface area contributed by atoms with Crippen molar-refractivity contribution in [3.63, 3.8) is 0 Å². The molecule has 0 aromatic heterocycles. The quantitative estimate of drug-likeness (QED) is 0.853. The number of aryl methyl sites for hydroxylation is 2. The van der Waals surface area contributed by atoms with Crippen LogP contribution in [0.3, 0.4) is 0 Å². The van der Waals surface area contributed by atoms with E-state index in [2.05, 4.69) is 39.8 Å². The first-order valence-electron chi connectivity index (χ1n) is 6.44. The molecule has 1 aromatic carbocycles. The van der Waals surface area contributed by atoms with Crippen molar-refractivity contribution in [2.24, 2.45) is 11.7 Å². The molecule has 0 amide bonds. The molecule has 0 spiro atoms. The Hall–Kier alpha value is -0.670. The van der Waals surface area contributed by atoms with Crippen LogP contribution >= 0.6 is 11.8 Å². The predicted molar refractivity (Wildman–Crippen MR) is 81.6 cm³/mol. The van der Waals surface area contributed by atoms with Crippen molar-refractivity contribution in [3.8, 4) is 5.75 Å². The molecule has 0 radical (unpaired) electrons. The van der Waals surface area contributed by atoms with Gasteiger partial charge in [0.05, 0.1) is 7.11 Å². The van der Waals surface area contributed by atoms with E-state index in [4.69, 9.17) is 10.5 Å². The molecular weight excluding hydrogens is 242 g/mol. The highest BCUT2D eigenvalue weighted by molar-refractivity contribution is 7.99. The minimum Gasteiger partial charge on any atom is -0.496 e. The number of nitrogens with two attached hydrogens (primary N) is 1. The molecule has 2 N–H and O–H groups in total. The topological polar surface area (TPSA) is 35.2 Å². The number of ether oxygens (including phenoxy) is 1. The van der Waals surface area contributed by atoms with Crippen LogP contribution < -0.4 is 10.5 Å². The average molecular weight is 267 g/mol. The molecule has 102 valence electrons. The zero-order valence-corrected chi connectivity index (χ0v) is 12.9. The Morgan fingerprint density at radius 2 is 1.89 bits per heavy atom. The van der Waals surface area contributed by atoms with E-state index in [0.717, 1.165) is 22.8 Å². The summed E-state index contributed by atoms with van der Waals surface area (Å²) < 4.78 is 5.47. The number of rotatable bonds is 6. The van der Waals surface area contributed by atoms with Crippen molar-refractivity contribution in [1.82, 2.24) is 0 Å². The third kappa shape index (κ3) is 4.21. The van der Waals surface area contributed by atoms with E-state index in [-0.39, 0.29) is 6.04 Å². The Morgan fingerprint density at radius 1 is 1.22 bits per heavy atom. The largest absolute Gasteiger partial charge is 0.496 e. The maximum Gasteiger partial charge on any atom is 0.124 e. The maximum absolute atomic E-state index is 6.31. The molecular formula is C15H25NOS. The molecule has 1 unspecified atom stereocenters. The molecule has 1 aromatic rings. The van der Waals surface area contributed by atoms with Gasteiger partial charge in [0.1, 0.15) is 5.75 Å². The summed E-state index contributed by atoms with van der Waals surface area (Å²) in [5.74, 6) is 3.73. The molecule has 0 heterocycles. The van der Waals surface area contributed by atoms with Gasteiger partial charge in [-0.05, 0) is 42.7 Å². The van der Waals surface area contributed by atoms with E-state index in [9.17, 15) is 0 Å². The lowest BCUT2D eigenvalue weighted by Crippen LogP contribution is -2.16. The molecule has 0 aliphatic heterocycles. The SMILES string of the molecule is COc1cc(C)cc(C)c1C(N)CSCC(C)C. The van der Waals surface area contributed by atoms with Crippen LogP contribution in [-0.2, 0) is 0 Å². The fourth-order valence-electron chi connectivity index (χ4n) is 2.10. The Labute approximate surface area is 115 Å². The molecule has 2 nitrogen and oxygen atoms in total. The summed E-state index contributed by atoms with van der Waals surface area (Å²) in [7, 11) is 1.71. The normalized spacial score (nSPS) is 12.8. The van der Waals surface area contributed by atoms with Crippen molar-refractivity contribution in [2.75, 3.05) is 18.6 Å². The predicted octanol–water partition coefficient (Wildman–Crippen LogP) is 3.70. The van der Waals surface area contributed by atoms with Crippen LogP contribution in [0.4, 0.5) is 0 Å². The van der Waals surface area contributed by atoms with Crippen LogP contribution in [0.5, 0.6) is 5.75 Å². The summed E-state index contributed by atoms with van der Waals surface area (Å²) in [5.41, 5.74) is 9.90. The monoisotopic (exact) mass is 267 g/mol. The lowest BCUT2D eigenvalue weighted by Gasteiger charge is -2.19. The molecule has 0 saturated carbocycles. The summed E-state index contributed by atoms with van der Waals surface area (Å²) in [6.45, 7) is 8.66. The van der Waals surface area contributed by atoms with Gasteiger partial charge in [-0.1, -0.05) is 19.9 Å². The van der Waals surface area contributed by atoms with Gasteiger partial charge >= 0.3 is 0 Å². The first-order valence-corrected chi connectivity index (χ1v) is 7.59. The Kier molecular flexibility index (Phi) is 6.03. The highest BCUT2D eigenvalue weighted by atomic mass is 32.2. The van der Waals surface area contributed by atoms with Gasteiger partial charge in [0.25, 0.3) is 0 Å².